The number of rotatable bonds is 3. The van der Waals surface area contributed by atoms with Gasteiger partial charge >= 0.3 is 0 Å². The summed E-state index contributed by atoms with van der Waals surface area (Å²) in [6.07, 6.45) is 6.30. The first kappa shape index (κ1) is 13.8. The fourth-order valence-corrected chi connectivity index (χ4v) is 3.11. The molecule has 0 aliphatic heterocycles. The van der Waals surface area contributed by atoms with Crippen LogP contribution in [0.25, 0.3) is 0 Å². The van der Waals surface area contributed by atoms with Gasteiger partial charge in [0.05, 0.1) is 10.0 Å². The molecule has 0 radical (unpaired) electrons. The monoisotopic (exact) mass is 287 g/mol. The summed E-state index contributed by atoms with van der Waals surface area (Å²) in [5, 5.41) is 1.00. The number of halogens is 2. The molecule has 2 rings (SSSR count). The van der Waals surface area contributed by atoms with Crippen LogP contribution in [0.2, 0.25) is 10.0 Å². The lowest BCUT2D eigenvalue weighted by atomic mass is 9.94. The maximum absolute atomic E-state index is 6.25. The van der Waals surface area contributed by atoms with Gasteiger partial charge in [-0.1, -0.05) is 42.5 Å². The van der Waals surface area contributed by atoms with Gasteiger partial charge in [-0.15, -0.1) is 0 Å². The summed E-state index contributed by atoms with van der Waals surface area (Å²) >= 11 is 12.2. The van der Waals surface area contributed by atoms with Crippen molar-refractivity contribution in [2.75, 3.05) is 17.2 Å². The number of hydrogen-bond donors (Lipinski definition) is 1. The zero-order valence-electron chi connectivity index (χ0n) is 10.6. The lowest BCUT2D eigenvalue weighted by Crippen LogP contribution is -2.37. The number of pyridine rings is 1. The standard InChI is InChI=1S/C13H19Cl2N3/c1-2-18(9-6-4-3-5-7-9)13-11(15)8-10(14)12(16)17-13/h8-9H,2-7H2,1H3,(H2,16,17). The SMILES string of the molecule is CCN(c1nc(N)c(Cl)cc1Cl)C1CCCCC1. The first-order valence-electron chi connectivity index (χ1n) is 6.51. The third-order valence-electron chi connectivity index (χ3n) is 3.57. The Bertz CT molecular complexity index is 417. The van der Waals surface area contributed by atoms with Crippen molar-refractivity contribution in [3.63, 3.8) is 0 Å². The van der Waals surface area contributed by atoms with Gasteiger partial charge in [0.1, 0.15) is 11.6 Å². The van der Waals surface area contributed by atoms with E-state index in [1.54, 1.807) is 6.07 Å². The molecule has 1 aromatic rings. The molecule has 1 fully saturated rings. The molecular formula is C13H19Cl2N3. The van der Waals surface area contributed by atoms with Gasteiger partial charge in [-0.05, 0) is 25.8 Å². The average Bonchev–Trinajstić information content (AvgIpc) is 2.38. The summed E-state index contributed by atoms with van der Waals surface area (Å²) in [7, 11) is 0. The Balaban J connectivity index is 2.28. The fourth-order valence-electron chi connectivity index (χ4n) is 2.65. The molecule has 1 aromatic heterocycles. The van der Waals surface area contributed by atoms with Crippen molar-refractivity contribution in [2.45, 2.75) is 45.1 Å². The predicted octanol–water partition coefficient (Wildman–Crippen LogP) is 4.13. The Labute approximate surface area is 118 Å². The molecule has 0 amide bonds. The largest absolute Gasteiger partial charge is 0.382 e. The lowest BCUT2D eigenvalue weighted by molar-refractivity contribution is 0.416. The highest BCUT2D eigenvalue weighted by atomic mass is 35.5. The number of aromatic nitrogens is 1. The van der Waals surface area contributed by atoms with Gasteiger partial charge in [0.15, 0.2) is 0 Å². The van der Waals surface area contributed by atoms with Crippen LogP contribution in [-0.4, -0.2) is 17.6 Å². The van der Waals surface area contributed by atoms with E-state index in [0.717, 1.165) is 12.4 Å². The van der Waals surface area contributed by atoms with Crippen LogP contribution in [0.3, 0.4) is 0 Å². The smallest absolute Gasteiger partial charge is 0.150 e. The number of hydrogen-bond acceptors (Lipinski definition) is 3. The molecule has 2 N–H and O–H groups in total. The van der Waals surface area contributed by atoms with Crippen molar-refractivity contribution >= 4 is 34.8 Å². The van der Waals surface area contributed by atoms with E-state index in [1.807, 2.05) is 0 Å². The minimum atomic E-state index is 0.352. The molecule has 0 saturated heterocycles. The highest BCUT2D eigenvalue weighted by Gasteiger charge is 2.23. The second-order valence-electron chi connectivity index (χ2n) is 4.74. The molecule has 0 aromatic carbocycles. The van der Waals surface area contributed by atoms with Crippen molar-refractivity contribution in [1.29, 1.82) is 0 Å². The predicted molar refractivity (Wildman–Crippen MR) is 78.6 cm³/mol. The summed E-state index contributed by atoms with van der Waals surface area (Å²) in [5.41, 5.74) is 5.78. The van der Waals surface area contributed by atoms with E-state index in [1.165, 1.54) is 32.1 Å². The van der Waals surface area contributed by atoms with Crippen LogP contribution in [-0.2, 0) is 0 Å². The van der Waals surface area contributed by atoms with Crippen molar-refractivity contribution < 1.29 is 0 Å². The summed E-state index contributed by atoms with van der Waals surface area (Å²) in [4.78, 5) is 6.62. The van der Waals surface area contributed by atoms with Crippen LogP contribution in [0.15, 0.2) is 6.07 Å². The van der Waals surface area contributed by atoms with Gasteiger partial charge in [0, 0.05) is 12.6 Å². The van der Waals surface area contributed by atoms with Crippen LogP contribution >= 0.6 is 23.2 Å². The molecular weight excluding hydrogens is 269 g/mol. The van der Waals surface area contributed by atoms with Gasteiger partial charge in [-0.2, -0.15) is 0 Å². The third-order valence-corrected chi connectivity index (χ3v) is 4.15. The molecule has 0 unspecified atom stereocenters. The zero-order chi connectivity index (χ0) is 13.1. The first-order chi connectivity index (χ1) is 8.63. The summed E-state index contributed by atoms with van der Waals surface area (Å²) < 4.78 is 0. The number of anilines is 2. The summed E-state index contributed by atoms with van der Waals surface area (Å²) in [6.45, 7) is 3.01. The third kappa shape index (κ3) is 2.83. The highest BCUT2D eigenvalue weighted by molar-refractivity contribution is 6.37. The van der Waals surface area contributed by atoms with Gasteiger partial charge in [-0.25, -0.2) is 4.98 Å². The van der Waals surface area contributed by atoms with Crippen LogP contribution in [0.1, 0.15) is 39.0 Å². The zero-order valence-corrected chi connectivity index (χ0v) is 12.1. The van der Waals surface area contributed by atoms with E-state index in [2.05, 4.69) is 16.8 Å². The number of nitrogen functional groups attached to an aromatic ring is 1. The van der Waals surface area contributed by atoms with Crippen LogP contribution in [0.5, 0.6) is 0 Å². The van der Waals surface area contributed by atoms with Crippen LogP contribution in [0.4, 0.5) is 11.6 Å². The van der Waals surface area contributed by atoms with Crippen molar-refractivity contribution in [3.8, 4) is 0 Å². The molecule has 100 valence electrons. The van der Waals surface area contributed by atoms with E-state index in [-0.39, 0.29) is 0 Å². The quantitative estimate of drug-likeness (QED) is 0.909. The normalized spacial score (nSPS) is 16.8. The van der Waals surface area contributed by atoms with Crippen molar-refractivity contribution in [3.05, 3.63) is 16.1 Å². The summed E-state index contributed by atoms with van der Waals surface area (Å²) in [6, 6.07) is 2.21. The van der Waals surface area contributed by atoms with Crippen molar-refractivity contribution in [1.82, 2.24) is 4.98 Å². The van der Waals surface area contributed by atoms with E-state index >= 15 is 0 Å². The van der Waals surface area contributed by atoms with E-state index < -0.39 is 0 Å². The van der Waals surface area contributed by atoms with E-state index in [9.17, 15) is 0 Å². The maximum atomic E-state index is 6.25. The molecule has 3 nitrogen and oxygen atoms in total. The fraction of sp³-hybridized carbons (Fsp3) is 0.615. The minimum Gasteiger partial charge on any atom is -0.382 e. The number of nitrogens with two attached hydrogens (primary N) is 1. The molecule has 18 heavy (non-hydrogen) atoms. The molecule has 0 atom stereocenters. The second kappa shape index (κ2) is 5.98. The minimum absolute atomic E-state index is 0.352. The Morgan fingerprint density at radius 3 is 2.56 bits per heavy atom. The average molecular weight is 288 g/mol. The van der Waals surface area contributed by atoms with Gasteiger partial charge in [0.2, 0.25) is 0 Å². The highest BCUT2D eigenvalue weighted by Crippen LogP contribution is 2.33. The molecule has 0 spiro atoms. The molecule has 5 heteroatoms. The van der Waals surface area contributed by atoms with E-state index in [0.29, 0.717) is 21.9 Å². The molecule has 1 heterocycles. The van der Waals surface area contributed by atoms with Crippen molar-refractivity contribution in [2.24, 2.45) is 0 Å². The second-order valence-corrected chi connectivity index (χ2v) is 5.55. The van der Waals surface area contributed by atoms with Crippen LogP contribution in [0, 0.1) is 0 Å². The molecule has 1 saturated carbocycles. The van der Waals surface area contributed by atoms with Gasteiger partial charge in [-0.3, -0.25) is 0 Å². The molecule has 1 aliphatic rings. The first-order valence-corrected chi connectivity index (χ1v) is 7.27. The lowest BCUT2D eigenvalue weighted by Gasteiger charge is -2.35. The van der Waals surface area contributed by atoms with E-state index in [4.69, 9.17) is 28.9 Å². The Morgan fingerprint density at radius 2 is 1.94 bits per heavy atom. The molecule has 0 bridgehead atoms. The van der Waals surface area contributed by atoms with Gasteiger partial charge in [0.25, 0.3) is 0 Å². The Morgan fingerprint density at radius 1 is 1.28 bits per heavy atom. The Hall–Kier alpha value is -0.670. The van der Waals surface area contributed by atoms with Crippen LogP contribution < -0.4 is 10.6 Å². The Kier molecular flexibility index (Phi) is 4.57. The molecule has 1 aliphatic carbocycles. The number of nitrogens with zero attached hydrogens (tertiary/aromatic N) is 2. The summed E-state index contributed by atoms with van der Waals surface area (Å²) in [5.74, 6) is 1.12. The maximum Gasteiger partial charge on any atom is 0.150 e. The topological polar surface area (TPSA) is 42.2 Å². The van der Waals surface area contributed by atoms with Gasteiger partial charge < -0.3 is 10.6 Å².